The largest absolute Gasteiger partial charge is 0.496 e. The molecule has 8 heteroatoms. The lowest BCUT2D eigenvalue weighted by atomic mass is 9.96. The summed E-state index contributed by atoms with van der Waals surface area (Å²) in [6.45, 7) is 6.14. The van der Waals surface area contributed by atoms with E-state index in [2.05, 4.69) is 0 Å². The number of carbonyl (C=O) groups excluding carboxylic acids is 2. The van der Waals surface area contributed by atoms with Crippen molar-refractivity contribution in [3.63, 3.8) is 0 Å². The van der Waals surface area contributed by atoms with Crippen molar-refractivity contribution in [1.29, 1.82) is 0 Å². The Morgan fingerprint density at radius 2 is 1.76 bits per heavy atom. The lowest BCUT2D eigenvalue weighted by Gasteiger charge is -2.37. The zero-order chi connectivity index (χ0) is 21.0. The molecule has 1 unspecified atom stereocenters. The minimum atomic E-state index is 0.0275. The first-order valence-electron chi connectivity index (χ1n) is 9.78. The summed E-state index contributed by atoms with van der Waals surface area (Å²) in [5.74, 6) is 1.77. The topological polar surface area (TPSA) is 59.1 Å². The van der Waals surface area contributed by atoms with Gasteiger partial charge in [0.15, 0.2) is 0 Å². The van der Waals surface area contributed by atoms with E-state index in [0.717, 1.165) is 25.1 Å². The summed E-state index contributed by atoms with van der Waals surface area (Å²) in [5, 5.41) is 3.70. The maximum Gasteiger partial charge on any atom is 0.264 e. The Morgan fingerprint density at radius 1 is 1.14 bits per heavy atom. The molecule has 158 valence electrons. The van der Waals surface area contributed by atoms with Crippen LogP contribution in [0.1, 0.15) is 46.0 Å². The highest BCUT2D eigenvalue weighted by Gasteiger charge is 2.29. The average molecular weight is 437 g/mol. The Morgan fingerprint density at radius 3 is 2.34 bits per heavy atom. The second-order valence-electron chi connectivity index (χ2n) is 7.51. The smallest absolute Gasteiger partial charge is 0.264 e. The van der Waals surface area contributed by atoms with Gasteiger partial charge in [-0.2, -0.15) is 0 Å². The Hall–Kier alpha value is -2.06. The number of nitrogens with zero attached hydrogens (tertiary/aromatic N) is 2. The molecular weight excluding hydrogens is 408 g/mol. The lowest BCUT2D eigenvalue weighted by molar-refractivity contribution is 0.0560. The highest BCUT2D eigenvalue weighted by atomic mass is 32.1. The van der Waals surface area contributed by atoms with Crippen molar-refractivity contribution in [1.82, 2.24) is 9.80 Å². The summed E-state index contributed by atoms with van der Waals surface area (Å²) in [6, 6.07) is 3.68. The Kier molecular flexibility index (Phi) is 7.18. The van der Waals surface area contributed by atoms with Gasteiger partial charge in [-0.3, -0.25) is 9.59 Å². The summed E-state index contributed by atoms with van der Waals surface area (Å²) < 4.78 is 10.4. The zero-order valence-electron chi connectivity index (χ0n) is 17.3. The molecule has 1 fully saturated rings. The third-order valence-electron chi connectivity index (χ3n) is 5.19. The molecule has 0 aliphatic carbocycles. The van der Waals surface area contributed by atoms with E-state index < -0.39 is 0 Å². The van der Waals surface area contributed by atoms with E-state index in [4.69, 9.17) is 9.47 Å². The Labute approximate surface area is 180 Å². The summed E-state index contributed by atoms with van der Waals surface area (Å²) in [4.78, 5) is 31.1. The van der Waals surface area contributed by atoms with Gasteiger partial charge in [-0.25, -0.2) is 0 Å². The molecule has 6 nitrogen and oxygen atoms in total. The highest BCUT2D eigenvalue weighted by molar-refractivity contribution is 7.12. The number of likely N-dealkylation sites (tertiary alicyclic amines) is 1. The fourth-order valence-corrected chi connectivity index (χ4v) is 5.21. The van der Waals surface area contributed by atoms with Gasteiger partial charge in [0.1, 0.15) is 11.5 Å². The second kappa shape index (κ2) is 9.63. The summed E-state index contributed by atoms with van der Waals surface area (Å²) in [5.41, 5.74) is 0. The Bertz CT molecular complexity index is 845. The first-order chi connectivity index (χ1) is 13.9. The van der Waals surface area contributed by atoms with Crippen molar-refractivity contribution < 1.29 is 19.1 Å². The first-order valence-corrected chi connectivity index (χ1v) is 11.5. The fraction of sp³-hybridized carbons (Fsp3) is 0.524. The molecule has 2 aromatic heterocycles. The van der Waals surface area contributed by atoms with Gasteiger partial charge in [0, 0.05) is 48.6 Å². The molecular formula is C21H28N2O4S2. The quantitative estimate of drug-likeness (QED) is 0.652. The highest BCUT2D eigenvalue weighted by Crippen LogP contribution is 2.27. The number of rotatable bonds is 7. The van der Waals surface area contributed by atoms with Gasteiger partial charge in [-0.1, -0.05) is 0 Å². The van der Waals surface area contributed by atoms with Crippen LogP contribution in [-0.4, -0.2) is 61.5 Å². The van der Waals surface area contributed by atoms with Crippen molar-refractivity contribution in [2.24, 2.45) is 5.92 Å². The SMILES string of the molecule is COc1csc(C(=O)N2CCCC(CN(C(=O)c3cc(OC)cs3)C(C)C)C2)c1. The summed E-state index contributed by atoms with van der Waals surface area (Å²) in [7, 11) is 3.21. The number of thiophene rings is 2. The van der Waals surface area contributed by atoms with E-state index >= 15 is 0 Å². The third-order valence-corrected chi connectivity index (χ3v) is 6.98. The fourth-order valence-electron chi connectivity index (χ4n) is 3.58. The second-order valence-corrected chi connectivity index (χ2v) is 9.33. The van der Waals surface area contributed by atoms with Crippen molar-refractivity contribution in [3.8, 4) is 11.5 Å². The standard InChI is InChI=1S/C21H28N2O4S2/c1-14(2)23(21(25)19-9-17(27-4)13-29-19)11-15-6-5-7-22(10-15)20(24)18-8-16(26-3)12-28-18/h8-9,12-15H,5-7,10-11H2,1-4H3. The Balaban J connectivity index is 1.66. The minimum absolute atomic E-state index is 0.0275. The number of hydrogen-bond donors (Lipinski definition) is 0. The zero-order valence-corrected chi connectivity index (χ0v) is 19.0. The van der Waals surface area contributed by atoms with E-state index in [9.17, 15) is 9.59 Å². The van der Waals surface area contributed by atoms with Crippen molar-refractivity contribution in [3.05, 3.63) is 32.6 Å². The van der Waals surface area contributed by atoms with E-state index in [0.29, 0.717) is 28.6 Å². The molecule has 2 aromatic rings. The molecule has 0 spiro atoms. The normalized spacial score (nSPS) is 16.7. The number of methoxy groups -OCH3 is 2. The summed E-state index contributed by atoms with van der Waals surface area (Å²) in [6.07, 6.45) is 1.97. The molecule has 1 aliphatic heterocycles. The van der Waals surface area contributed by atoms with Crippen LogP contribution in [0.15, 0.2) is 22.9 Å². The summed E-state index contributed by atoms with van der Waals surface area (Å²) >= 11 is 2.82. The molecule has 0 N–H and O–H groups in total. The molecule has 0 bridgehead atoms. The van der Waals surface area contributed by atoms with E-state index in [-0.39, 0.29) is 23.8 Å². The molecule has 3 rings (SSSR count). The number of amides is 2. The van der Waals surface area contributed by atoms with Crippen LogP contribution in [0, 0.1) is 5.92 Å². The third kappa shape index (κ3) is 5.11. The maximum absolute atomic E-state index is 13.0. The van der Waals surface area contributed by atoms with Gasteiger partial charge in [-0.05, 0) is 32.6 Å². The van der Waals surface area contributed by atoms with Gasteiger partial charge in [0.05, 0.1) is 24.0 Å². The van der Waals surface area contributed by atoms with Gasteiger partial charge in [0.25, 0.3) is 11.8 Å². The molecule has 1 aliphatic rings. The van der Waals surface area contributed by atoms with Crippen LogP contribution in [-0.2, 0) is 0 Å². The van der Waals surface area contributed by atoms with Gasteiger partial charge in [0.2, 0.25) is 0 Å². The van der Waals surface area contributed by atoms with Gasteiger partial charge < -0.3 is 19.3 Å². The average Bonchev–Trinajstić information content (AvgIpc) is 3.40. The van der Waals surface area contributed by atoms with E-state index in [1.165, 1.54) is 22.7 Å². The molecule has 1 atom stereocenters. The predicted octanol–water partition coefficient (Wildman–Crippen LogP) is 4.23. The van der Waals surface area contributed by atoms with Crippen LogP contribution in [0.2, 0.25) is 0 Å². The van der Waals surface area contributed by atoms with Crippen molar-refractivity contribution in [2.75, 3.05) is 33.9 Å². The molecule has 3 heterocycles. The first kappa shape index (κ1) is 21.6. The maximum atomic E-state index is 13.0. The lowest BCUT2D eigenvalue weighted by Crippen LogP contribution is -2.46. The van der Waals surface area contributed by atoms with Gasteiger partial charge >= 0.3 is 0 Å². The van der Waals surface area contributed by atoms with Crippen LogP contribution in [0.4, 0.5) is 0 Å². The molecule has 1 saturated heterocycles. The van der Waals surface area contributed by atoms with Crippen LogP contribution in [0.25, 0.3) is 0 Å². The number of carbonyl (C=O) groups is 2. The van der Waals surface area contributed by atoms with Crippen LogP contribution < -0.4 is 9.47 Å². The molecule has 29 heavy (non-hydrogen) atoms. The number of hydrogen-bond acceptors (Lipinski definition) is 6. The molecule has 0 radical (unpaired) electrons. The van der Waals surface area contributed by atoms with Gasteiger partial charge in [-0.15, -0.1) is 22.7 Å². The number of piperidine rings is 1. The van der Waals surface area contributed by atoms with Crippen LogP contribution >= 0.6 is 22.7 Å². The monoisotopic (exact) mass is 436 g/mol. The van der Waals surface area contributed by atoms with Crippen molar-refractivity contribution in [2.45, 2.75) is 32.7 Å². The number of ether oxygens (including phenoxy) is 2. The van der Waals surface area contributed by atoms with E-state index in [1.54, 1.807) is 26.4 Å². The molecule has 0 aromatic carbocycles. The molecule has 0 saturated carbocycles. The molecule has 2 amide bonds. The predicted molar refractivity (Wildman–Crippen MR) is 117 cm³/mol. The minimum Gasteiger partial charge on any atom is -0.496 e. The van der Waals surface area contributed by atoms with E-state index in [1.807, 2.05) is 34.4 Å². The van der Waals surface area contributed by atoms with Crippen LogP contribution in [0.5, 0.6) is 11.5 Å². The van der Waals surface area contributed by atoms with Crippen LogP contribution in [0.3, 0.4) is 0 Å². The van der Waals surface area contributed by atoms with Crippen molar-refractivity contribution >= 4 is 34.5 Å².